The van der Waals surface area contributed by atoms with E-state index in [9.17, 15) is 0 Å². The number of aryl methyl sites for hydroxylation is 2. The standard InChI is InChI=1S/C35H35NOP2/c1-27-24-28(2)26-34(25-27)38(31-18-10-5-11-19-31)36-29(3)35(30-16-8-4-9-17-30)37-39(32-20-12-6-13-21-32)33-22-14-7-15-23-33/h4-26,29,35-36H,1-3H3/t29-,35-,38?/m0/s1. The SMILES string of the molecule is Cc1cc(C)cc(P(N[C@@H](C)[C@H](OP(c2ccccc2)c2ccccc2)c2ccccc2)c2ccccc2)c1. The van der Waals surface area contributed by atoms with E-state index in [1.165, 1.54) is 37.9 Å². The average molecular weight is 548 g/mol. The highest BCUT2D eigenvalue weighted by atomic mass is 31.1. The van der Waals surface area contributed by atoms with Crippen molar-refractivity contribution in [2.45, 2.75) is 32.9 Å². The van der Waals surface area contributed by atoms with Gasteiger partial charge in [0.15, 0.2) is 0 Å². The molecule has 5 aromatic rings. The van der Waals surface area contributed by atoms with Crippen LogP contribution in [0.2, 0.25) is 0 Å². The second kappa shape index (κ2) is 13.3. The van der Waals surface area contributed by atoms with E-state index in [0.717, 1.165) is 0 Å². The summed E-state index contributed by atoms with van der Waals surface area (Å²) in [6.45, 7) is 6.63. The predicted octanol–water partition coefficient (Wildman–Crippen LogP) is 7.44. The molecule has 0 aliphatic carbocycles. The van der Waals surface area contributed by atoms with E-state index in [1.807, 2.05) is 0 Å². The third-order valence-corrected chi connectivity index (χ3v) is 10.8. The molecule has 39 heavy (non-hydrogen) atoms. The topological polar surface area (TPSA) is 21.3 Å². The molecule has 0 spiro atoms. The van der Waals surface area contributed by atoms with E-state index in [0.29, 0.717) is 0 Å². The maximum atomic E-state index is 7.20. The number of hydrogen-bond donors (Lipinski definition) is 1. The molecule has 1 unspecified atom stereocenters. The molecule has 4 heteroatoms. The minimum Gasteiger partial charge on any atom is -0.340 e. The zero-order chi connectivity index (χ0) is 27.0. The average Bonchev–Trinajstić information content (AvgIpc) is 2.97. The van der Waals surface area contributed by atoms with Gasteiger partial charge in [-0.05, 0) is 49.1 Å². The fraction of sp³-hybridized carbons (Fsp3) is 0.143. The third kappa shape index (κ3) is 7.10. The Morgan fingerprint density at radius 1 is 0.538 bits per heavy atom. The first kappa shape index (κ1) is 27.4. The van der Waals surface area contributed by atoms with Crippen LogP contribution in [-0.2, 0) is 4.52 Å². The van der Waals surface area contributed by atoms with Gasteiger partial charge in [0.2, 0.25) is 0 Å². The van der Waals surface area contributed by atoms with Crippen molar-refractivity contribution < 1.29 is 4.52 Å². The quantitative estimate of drug-likeness (QED) is 0.184. The van der Waals surface area contributed by atoms with Gasteiger partial charge in [0.05, 0.1) is 8.15 Å². The van der Waals surface area contributed by atoms with Crippen LogP contribution >= 0.6 is 16.2 Å². The van der Waals surface area contributed by atoms with E-state index in [1.54, 1.807) is 0 Å². The molecule has 0 radical (unpaired) electrons. The van der Waals surface area contributed by atoms with Gasteiger partial charge in [0.1, 0.15) is 6.10 Å². The lowest BCUT2D eigenvalue weighted by Gasteiger charge is -2.33. The van der Waals surface area contributed by atoms with Gasteiger partial charge in [0.25, 0.3) is 0 Å². The van der Waals surface area contributed by atoms with Crippen molar-refractivity contribution in [1.82, 2.24) is 5.09 Å². The summed E-state index contributed by atoms with van der Waals surface area (Å²) in [5.74, 6) is 0. The molecule has 1 N–H and O–H groups in total. The Bertz CT molecular complexity index is 1390. The zero-order valence-electron chi connectivity index (χ0n) is 22.7. The fourth-order valence-corrected chi connectivity index (χ4v) is 9.05. The van der Waals surface area contributed by atoms with Crippen LogP contribution in [0.15, 0.2) is 140 Å². The van der Waals surface area contributed by atoms with E-state index in [2.05, 4.69) is 165 Å². The minimum absolute atomic E-state index is 0.0527. The van der Waals surface area contributed by atoms with Crippen molar-refractivity contribution >= 4 is 37.4 Å². The summed E-state index contributed by atoms with van der Waals surface area (Å²) < 4.78 is 7.20. The van der Waals surface area contributed by atoms with Gasteiger partial charge in [-0.1, -0.05) is 139 Å². The van der Waals surface area contributed by atoms with Crippen LogP contribution in [-0.4, -0.2) is 6.04 Å². The van der Waals surface area contributed by atoms with Crippen LogP contribution in [0.1, 0.15) is 29.7 Å². The van der Waals surface area contributed by atoms with Crippen LogP contribution < -0.4 is 26.3 Å². The molecule has 0 saturated carbocycles. The van der Waals surface area contributed by atoms with Crippen molar-refractivity contribution in [3.8, 4) is 0 Å². The largest absolute Gasteiger partial charge is 0.340 e. The van der Waals surface area contributed by atoms with Crippen LogP contribution in [0.5, 0.6) is 0 Å². The molecule has 3 atom stereocenters. The maximum absolute atomic E-state index is 7.20. The fourth-order valence-electron chi connectivity index (χ4n) is 4.82. The molecule has 0 bridgehead atoms. The van der Waals surface area contributed by atoms with Gasteiger partial charge in [0, 0.05) is 24.7 Å². The lowest BCUT2D eigenvalue weighted by Crippen LogP contribution is -2.36. The minimum atomic E-state index is -1.02. The summed E-state index contributed by atoms with van der Waals surface area (Å²) in [6.07, 6.45) is -0.141. The summed E-state index contributed by atoms with van der Waals surface area (Å²) in [6, 6.07) is 49.7. The number of nitrogens with one attached hydrogen (secondary N) is 1. The van der Waals surface area contributed by atoms with Gasteiger partial charge in [-0.3, -0.25) is 5.09 Å². The molecule has 5 rings (SSSR count). The van der Waals surface area contributed by atoms with Gasteiger partial charge in [-0.2, -0.15) is 0 Å². The lowest BCUT2D eigenvalue weighted by molar-refractivity contribution is 0.200. The smallest absolute Gasteiger partial charge is 0.103 e. The maximum Gasteiger partial charge on any atom is 0.103 e. The lowest BCUT2D eigenvalue weighted by atomic mass is 10.0. The van der Waals surface area contributed by atoms with E-state index in [4.69, 9.17) is 4.52 Å². The highest BCUT2D eigenvalue weighted by Crippen LogP contribution is 2.43. The van der Waals surface area contributed by atoms with Gasteiger partial charge in [-0.15, -0.1) is 0 Å². The van der Waals surface area contributed by atoms with Crippen LogP contribution in [0.3, 0.4) is 0 Å². The Hall–Kier alpha value is -3.12. The predicted molar refractivity (Wildman–Crippen MR) is 170 cm³/mol. The summed E-state index contributed by atoms with van der Waals surface area (Å²) in [5.41, 5.74) is 3.76. The summed E-state index contributed by atoms with van der Waals surface area (Å²) in [5, 5.41) is 9.13. The van der Waals surface area contributed by atoms with Crippen molar-refractivity contribution in [2.75, 3.05) is 0 Å². The van der Waals surface area contributed by atoms with Crippen molar-refractivity contribution in [3.05, 3.63) is 156 Å². The molecule has 0 fully saturated rings. The first-order valence-corrected chi connectivity index (χ1v) is 16.0. The molecule has 0 heterocycles. The molecule has 0 aliphatic heterocycles. The van der Waals surface area contributed by atoms with E-state index < -0.39 is 16.2 Å². The molecule has 0 saturated heterocycles. The molecule has 0 aliphatic rings. The van der Waals surface area contributed by atoms with Crippen LogP contribution in [0, 0.1) is 13.8 Å². The van der Waals surface area contributed by atoms with Crippen LogP contribution in [0.4, 0.5) is 0 Å². The highest BCUT2D eigenvalue weighted by molar-refractivity contribution is 7.71. The van der Waals surface area contributed by atoms with E-state index >= 15 is 0 Å². The molecule has 2 nitrogen and oxygen atoms in total. The summed E-state index contributed by atoms with van der Waals surface area (Å²) >= 11 is 0. The monoisotopic (exact) mass is 547 g/mol. The number of hydrogen-bond acceptors (Lipinski definition) is 2. The van der Waals surface area contributed by atoms with Gasteiger partial charge in [-0.25, -0.2) is 0 Å². The second-order valence-electron chi connectivity index (χ2n) is 9.84. The van der Waals surface area contributed by atoms with E-state index in [-0.39, 0.29) is 12.1 Å². The van der Waals surface area contributed by atoms with Crippen molar-refractivity contribution in [1.29, 1.82) is 0 Å². The second-order valence-corrected chi connectivity index (χ2v) is 13.6. The van der Waals surface area contributed by atoms with Gasteiger partial charge < -0.3 is 4.52 Å². The highest BCUT2D eigenvalue weighted by Gasteiger charge is 2.29. The Morgan fingerprint density at radius 3 is 1.46 bits per heavy atom. The van der Waals surface area contributed by atoms with Gasteiger partial charge >= 0.3 is 0 Å². The number of rotatable bonds is 10. The van der Waals surface area contributed by atoms with Crippen LogP contribution in [0.25, 0.3) is 0 Å². The molecular weight excluding hydrogens is 512 g/mol. The first-order valence-electron chi connectivity index (χ1n) is 13.4. The zero-order valence-corrected chi connectivity index (χ0v) is 24.5. The Balaban J connectivity index is 1.53. The Kier molecular flexibility index (Phi) is 9.36. The molecule has 196 valence electrons. The molecule has 0 amide bonds. The molecular formula is C35H35NOP2. The van der Waals surface area contributed by atoms with Crippen molar-refractivity contribution in [3.63, 3.8) is 0 Å². The first-order chi connectivity index (χ1) is 19.1. The normalized spacial score (nSPS) is 13.6. The van der Waals surface area contributed by atoms with Crippen molar-refractivity contribution in [2.24, 2.45) is 0 Å². The summed E-state index contributed by atoms with van der Waals surface area (Å²) in [4.78, 5) is 0. The third-order valence-electron chi connectivity index (χ3n) is 6.59. The number of benzene rings is 5. The molecule has 5 aromatic carbocycles. The Labute approximate surface area is 235 Å². The molecule has 0 aromatic heterocycles. The Morgan fingerprint density at radius 2 is 0.974 bits per heavy atom. The summed E-state index contributed by atoms with van der Waals surface area (Å²) in [7, 11) is -1.82.